The third-order valence-electron chi connectivity index (χ3n) is 2.68. The number of aryl methyl sites for hydroxylation is 1. The normalized spacial score (nSPS) is 10.9. The van der Waals surface area contributed by atoms with Gasteiger partial charge in [-0.25, -0.2) is 4.98 Å². The van der Waals surface area contributed by atoms with E-state index in [9.17, 15) is 0 Å². The van der Waals surface area contributed by atoms with Gasteiger partial charge in [0.25, 0.3) is 0 Å². The van der Waals surface area contributed by atoms with Gasteiger partial charge >= 0.3 is 0 Å². The van der Waals surface area contributed by atoms with E-state index in [1.165, 1.54) is 5.56 Å². The molecule has 0 amide bonds. The van der Waals surface area contributed by atoms with E-state index in [1.54, 1.807) is 7.11 Å². The number of nitrogens with two attached hydrogens (primary N) is 1. The standard InChI is InChI=1S/C13H16N2O/c1-3-9-5-4-6-11-12(14)7-10(8-16-2)15-13(9)11/h4-7H,3,8H2,1-2H3,(H2,14,15). The number of benzene rings is 1. The number of nitrogen functional groups attached to an aromatic ring is 1. The summed E-state index contributed by atoms with van der Waals surface area (Å²) in [7, 11) is 1.66. The van der Waals surface area contributed by atoms with Crippen LogP contribution in [-0.4, -0.2) is 12.1 Å². The lowest BCUT2D eigenvalue weighted by molar-refractivity contribution is 0.182. The Morgan fingerprint density at radius 1 is 1.38 bits per heavy atom. The first-order chi connectivity index (χ1) is 7.76. The van der Waals surface area contributed by atoms with Crippen molar-refractivity contribution in [2.75, 3.05) is 12.8 Å². The van der Waals surface area contributed by atoms with Gasteiger partial charge in [0.05, 0.1) is 17.8 Å². The van der Waals surface area contributed by atoms with Gasteiger partial charge < -0.3 is 10.5 Å². The molecule has 3 nitrogen and oxygen atoms in total. The second kappa shape index (κ2) is 4.49. The van der Waals surface area contributed by atoms with E-state index in [0.717, 1.165) is 28.7 Å². The van der Waals surface area contributed by atoms with Gasteiger partial charge in [-0.05, 0) is 18.1 Å². The Kier molecular flexibility index (Phi) is 3.06. The molecule has 16 heavy (non-hydrogen) atoms. The van der Waals surface area contributed by atoms with Crippen LogP contribution in [0.25, 0.3) is 10.9 Å². The van der Waals surface area contributed by atoms with E-state index < -0.39 is 0 Å². The summed E-state index contributed by atoms with van der Waals surface area (Å²) in [5, 5.41) is 1.03. The Balaban J connectivity index is 2.67. The Morgan fingerprint density at radius 3 is 2.88 bits per heavy atom. The monoisotopic (exact) mass is 216 g/mol. The van der Waals surface area contributed by atoms with Gasteiger partial charge in [0.1, 0.15) is 0 Å². The molecule has 84 valence electrons. The molecule has 0 saturated heterocycles. The van der Waals surface area contributed by atoms with Crippen LogP contribution in [0.1, 0.15) is 18.2 Å². The fourth-order valence-electron chi connectivity index (χ4n) is 1.90. The lowest BCUT2D eigenvalue weighted by atomic mass is 10.1. The molecule has 0 aliphatic heterocycles. The van der Waals surface area contributed by atoms with Crippen LogP contribution < -0.4 is 5.73 Å². The maximum atomic E-state index is 6.02. The Morgan fingerprint density at radius 2 is 2.19 bits per heavy atom. The molecule has 2 rings (SSSR count). The van der Waals surface area contributed by atoms with Crippen LogP contribution in [0.2, 0.25) is 0 Å². The molecule has 0 spiro atoms. The van der Waals surface area contributed by atoms with Gasteiger partial charge in [0.2, 0.25) is 0 Å². The second-order valence-corrected chi connectivity index (χ2v) is 3.80. The first kappa shape index (κ1) is 10.9. The average molecular weight is 216 g/mol. The van der Waals surface area contributed by atoms with Gasteiger partial charge in [-0.2, -0.15) is 0 Å². The summed E-state index contributed by atoms with van der Waals surface area (Å²) >= 11 is 0. The Bertz CT molecular complexity index is 509. The zero-order valence-corrected chi connectivity index (χ0v) is 9.66. The number of ether oxygens (including phenoxy) is 1. The van der Waals surface area contributed by atoms with Crippen molar-refractivity contribution in [3.8, 4) is 0 Å². The van der Waals surface area contributed by atoms with Crippen molar-refractivity contribution in [2.45, 2.75) is 20.0 Å². The predicted octanol–water partition coefficient (Wildman–Crippen LogP) is 2.53. The fraction of sp³-hybridized carbons (Fsp3) is 0.308. The van der Waals surface area contributed by atoms with Crippen molar-refractivity contribution >= 4 is 16.6 Å². The molecule has 0 unspecified atom stereocenters. The van der Waals surface area contributed by atoms with E-state index in [2.05, 4.69) is 18.0 Å². The molecule has 0 saturated carbocycles. The van der Waals surface area contributed by atoms with E-state index in [-0.39, 0.29) is 0 Å². The van der Waals surface area contributed by atoms with E-state index in [4.69, 9.17) is 10.5 Å². The molecule has 1 aromatic heterocycles. The number of aromatic nitrogens is 1. The molecule has 2 aromatic rings. The number of nitrogens with zero attached hydrogens (tertiary/aromatic N) is 1. The molecular formula is C13H16N2O. The lowest BCUT2D eigenvalue weighted by Crippen LogP contribution is -1.99. The number of fused-ring (bicyclic) bond motifs is 1. The number of para-hydroxylation sites is 1. The number of methoxy groups -OCH3 is 1. The van der Waals surface area contributed by atoms with Crippen LogP contribution in [0, 0.1) is 0 Å². The van der Waals surface area contributed by atoms with Gasteiger partial charge in [-0.1, -0.05) is 25.1 Å². The highest BCUT2D eigenvalue weighted by atomic mass is 16.5. The maximum absolute atomic E-state index is 6.02. The third kappa shape index (κ3) is 1.86. The summed E-state index contributed by atoms with van der Waals surface area (Å²) in [5.74, 6) is 0. The fourth-order valence-corrected chi connectivity index (χ4v) is 1.90. The van der Waals surface area contributed by atoms with E-state index >= 15 is 0 Å². The number of hydrogen-bond acceptors (Lipinski definition) is 3. The first-order valence-electron chi connectivity index (χ1n) is 5.42. The zero-order chi connectivity index (χ0) is 11.5. The van der Waals surface area contributed by atoms with E-state index in [1.807, 2.05) is 18.2 Å². The quantitative estimate of drug-likeness (QED) is 0.857. The Labute approximate surface area is 95.2 Å². The van der Waals surface area contributed by atoms with Crippen molar-refractivity contribution in [2.24, 2.45) is 0 Å². The second-order valence-electron chi connectivity index (χ2n) is 3.80. The van der Waals surface area contributed by atoms with Crippen molar-refractivity contribution in [3.63, 3.8) is 0 Å². The molecule has 0 bridgehead atoms. The SMILES string of the molecule is CCc1cccc2c(N)cc(COC)nc12. The lowest BCUT2D eigenvalue weighted by Gasteiger charge is -2.08. The number of rotatable bonds is 3. The van der Waals surface area contributed by atoms with E-state index in [0.29, 0.717) is 6.61 Å². The summed E-state index contributed by atoms with van der Waals surface area (Å²) in [4.78, 5) is 4.59. The van der Waals surface area contributed by atoms with Gasteiger partial charge in [0, 0.05) is 18.2 Å². The van der Waals surface area contributed by atoms with Gasteiger partial charge in [-0.15, -0.1) is 0 Å². The topological polar surface area (TPSA) is 48.1 Å². The summed E-state index contributed by atoms with van der Waals surface area (Å²) in [6.45, 7) is 2.62. The minimum absolute atomic E-state index is 0.498. The molecule has 2 N–H and O–H groups in total. The molecule has 0 fully saturated rings. The highest BCUT2D eigenvalue weighted by Gasteiger charge is 2.06. The summed E-state index contributed by atoms with van der Waals surface area (Å²) in [5.41, 5.74) is 9.89. The molecule has 3 heteroatoms. The summed E-state index contributed by atoms with van der Waals surface area (Å²) < 4.78 is 5.09. The minimum atomic E-state index is 0.498. The average Bonchev–Trinajstić information content (AvgIpc) is 2.29. The number of pyridine rings is 1. The van der Waals surface area contributed by atoms with Crippen LogP contribution in [0.5, 0.6) is 0 Å². The summed E-state index contributed by atoms with van der Waals surface area (Å²) in [6.07, 6.45) is 0.959. The van der Waals surface area contributed by atoms with Gasteiger partial charge in [-0.3, -0.25) is 0 Å². The highest BCUT2D eigenvalue weighted by Crippen LogP contribution is 2.24. The van der Waals surface area contributed by atoms with Crippen molar-refractivity contribution in [3.05, 3.63) is 35.5 Å². The molecule has 1 heterocycles. The molecule has 1 aromatic carbocycles. The molecular weight excluding hydrogens is 200 g/mol. The van der Waals surface area contributed by atoms with Crippen LogP contribution >= 0.6 is 0 Å². The Hall–Kier alpha value is -1.61. The molecule has 0 radical (unpaired) electrons. The van der Waals surface area contributed by atoms with Crippen LogP contribution in [0.4, 0.5) is 5.69 Å². The largest absolute Gasteiger partial charge is 0.398 e. The molecule has 0 atom stereocenters. The van der Waals surface area contributed by atoms with Crippen molar-refractivity contribution in [1.29, 1.82) is 0 Å². The van der Waals surface area contributed by atoms with Crippen LogP contribution in [0.3, 0.4) is 0 Å². The first-order valence-corrected chi connectivity index (χ1v) is 5.42. The highest BCUT2D eigenvalue weighted by molar-refractivity contribution is 5.92. The zero-order valence-electron chi connectivity index (χ0n) is 9.66. The van der Waals surface area contributed by atoms with Gasteiger partial charge in [0.15, 0.2) is 0 Å². The summed E-state index contributed by atoms with van der Waals surface area (Å²) in [6, 6.07) is 8.00. The smallest absolute Gasteiger partial charge is 0.0885 e. The minimum Gasteiger partial charge on any atom is -0.398 e. The van der Waals surface area contributed by atoms with Crippen molar-refractivity contribution < 1.29 is 4.74 Å². The number of anilines is 1. The third-order valence-corrected chi connectivity index (χ3v) is 2.68. The maximum Gasteiger partial charge on any atom is 0.0885 e. The predicted molar refractivity (Wildman–Crippen MR) is 66.2 cm³/mol. The molecule has 0 aliphatic rings. The molecule has 0 aliphatic carbocycles. The number of hydrogen-bond donors (Lipinski definition) is 1. The van der Waals surface area contributed by atoms with Crippen LogP contribution in [-0.2, 0) is 17.8 Å². The van der Waals surface area contributed by atoms with Crippen LogP contribution in [0.15, 0.2) is 24.3 Å². The van der Waals surface area contributed by atoms with Crippen molar-refractivity contribution in [1.82, 2.24) is 4.98 Å².